The molecule has 0 radical (unpaired) electrons. The van der Waals surface area contributed by atoms with Gasteiger partial charge < -0.3 is 14.2 Å². The van der Waals surface area contributed by atoms with Crippen LogP contribution < -0.4 is 0 Å². The Hall–Kier alpha value is -1.93. The molecule has 0 aliphatic rings. The minimum Gasteiger partial charge on any atom is -0.459 e. The SMILES string of the molecule is C=CC(=O)OCCOC(=O)C(=O)OC(C)(C)CC(C)OOC(C)(C)C. The first-order valence-corrected chi connectivity index (χ1v) is 7.90. The Morgan fingerprint density at radius 1 is 1.00 bits per heavy atom. The van der Waals surface area contributed by atoms with Gasteiger partial charge >= 0.3 is 17.9 Å². The second-order valence-electron chi connectivity index (χ2n) is 6.96. The van der Waals surface area contributed by atoms with Gasteiger partial charge in [-0.15, -0.1) is 0 Å². The van der Waals surface area contributed by atoms with Crippen LogP contribution in [0.2, 0.25) is 0 Å². The van der Waals surface area contributed by atoms with Gasteiger partial charge in [0.15, 0.2) is 0 Å². The molecule has 0 aromatic carbocycles. The highest BCUT2D eigenvalue weighted by molar-refractivity contribution is 6.29. The molecule has 25 heavy (non-hydrogen) atoms. The van der Waals surface area contributed by atoms with E-state index in [0.29, 0.717) is 6.42 Å². The van der Waals surface area contributed by atoms with Crippen molar-refractivity contribution in [1.29, 1.82) is 0 Å². The number of hydrogen-bond acceptors (Lipinski definition) is 8. The van der Waals surface area contributed by atoms with Crippen molar-refractivity contribution < 1.29 is 38.4 Å². The van der Waals surface area contributed by atoms with Crippen LogP contribution in [0.25, 0.3) is 0 Å². The van der Waals surface area contributed by atoms with E-state index in [0.717, 1.165) is 6.08 Å². The molecule has 144 valence electrons. The van der Waals surface area contributed by atoms with Crippen molar-refractivity contribution in [3.05, 3.63) is 12.7 Å². The molecule has 0 N–H and O–H groups in total. The Morgan fingerprint density at radius 2 is 1.56 bits per heavy atom. The van der Waals surface area contributed by atoms with Crippen LogP contribution in [0.3, 0.4) is 0 Å². The molecular weight excluding hydrogens is 332 g/mol. The van der Waals surface area contributed by atoms with Crippen molar-refractivity contribution in [2.45, 2.75) is 65.3 Å². The van der Waals surface area contributed by atoms with Crippen LogP contribution in [-0.4, -0.2) is 48.4 Å². The molecule has 0 saturated carbocycles. The Morgan fingerprint density at radius 3 is 2.08 bits per heavy atom. The first kappa shape index (κ1) is 23.1. The van der Waals surface area contributed by atoms with Crippen LogP contribution >= 0.6 is 0 Å². The van der Waals surface area contributed by atoms with Crippen molar-refractivity contribution in [1.82, 2.24) is 0 Å². The quantitative estimate of drug-likeness (QED) is 0.117. The van der Waals surface area contributed by atoms with E-state index >= 15 is 0 Å². The highest BCUT2D eigenvalue weighted by Gasteiger charge is 2.31. The lowest BCUT2D eigenvalue weighted by molar-refractivity contribution is -0.373. The topological polar surface area (TPSA) is 97.4 Å². The van der Waals surface area contributed by atoms with E-state index in [1.165, 1.54) is 0 Å². The molecule has 0 amide bonds. The molecule has 1 unspecified atom stereocenters. The third kappa shape index (κ3) is 12.1. The Balaban J connectivity index is 4.25. The summed E-state index contributed by atoms with van der Waals surface area (Å²) < 4.78 is 14.4. The van der Waals surface area contributed by atoms with Crippen LogP contribution in [0.1, 0.15) is 48.0 Å². The number of carbonyl (C=O) groups is 3. The standard InChI is InChI=1S/C17H28O8/c1-8-13(18)21-9-10-22-14(19)15(20)23-17(6,7)11-12(2)24-25-16(3,4)5/h8,12H,1,9-11H2,2-7H3. The first-order valence-electron chi connectivity index (χ1n) is 7.90. The summed E-state index contributed by atoms with van der Waals surface area (Å²) in [6.45, 7) is 13.3. The largest absolute Gasteiger partial charge is 0.459 e. The van der Waals surface area contributed by atoms with Gasteiger partial charge in [-0.2, -0.15) is 0 Å². The van der Waals surface area contributed by atoms with E-state index < -0.39 is 29.1 Å². The minimum absolute atomic E-state index is 0.178. The summed E-state index contributed by atoms with van der Waals surface area (Å²) in [5, 5.41) is 0. The van der Waals surface area contributed by atoms with Crippen molar-refractivity contribution >= 4 is 17.9 Å². The number of rotatable bonds is 9. The van der Waals surface area contributed by atoms with Gasteiger partial charge in [-0.3, -0.25) is 0 Å². The van der Waals surface area contributed by atoms with Gasteiger partial charge in [0.2, 0.25) is 0 Å². The lowest BCUT2D eigenvalue weighted by Crippen LogP contribution is -2.36. The molecule has 0 bridgehead atoms. The highest BCUT2D eigenvalue weighted by Crippen LogP contribution is 2.20. The zero-order valence-electron chi connectivity index (χ0n) is 15.7. The molecule has 0 heterocycles. The van der Waals surface area contributed by atoms with Crippen molar-refractivity contribution in [3.63, 3.8) is 0 Å². The van der Waals surface area contributed by atoms with E-state index in [9.17, 15) is 14.4 Å². The fraction of sp³-hybridized carbons (Fsp3) is 0.706. The monoisotopic (exact) mass is 360 g/mol. The number of esters is 3. The van der Waals surface area contributed by atoms with Gasteiger partial charge in [-0.25, -0.2) is 24.2 Å². The Kier molecular flexibility index (Phi) is 9.37. The zero-order valence-corrected chi connectivity index (χ0v) is 15.7. The maximum absolute atomic E-state index is 11.7. The van der Waals surface area contributed by atoms with E-state index in [1.807, 2.05) is 20.8 Å². The first-order chi connectivity index (χ1) is 11.4. The minimum atomic E-state index is -1.16. The smallest absolute Gasteiger partial charge is 0.418 e. The molecule has 8 heteroatoms. The second kappa shape index (κ2) is 10.1. The van der Waals surface area contributed by atoms with E-state index in [-0.39, 0.29) is 19.3 Å². The molecule has 0 aromatic rings. The van der Waals surface area contributed by atoms with Crippen molar-refractivity contribution in [2.24, 2.45) is 0 Å². The predicted octanol–water partition coefficient (Wildman–Crippen LogP) is 2.11. The maximum Gasteiger partial charge on any atom is 0.418 e. The second-order valence-corrected chi connectivity index (χ2v) is 6.96. The highest BCUT2D eigenvalue weighted by atomic mass is 17.2. The fourth-order valence-corrected chi connectivity index (χ4v) is 1.68. The number of hydrogen-bond donors (Lipinski definition) is 0. The lowest BCUT2D eigenvalue weighted by atomic mass is 10.0. The fourth-order valence-electron chi connectivity index (χ4n) is 1.68. The van der Waals surface area contributed by atoms with Crippen LogP contribution in [0, 0.1) is 0 Å². The van der Waals surface area contributed by atoms with Gasteiger partial charge in [-0.05, 0) is 41.5 Å². The van der Waals surface area contributed by atoms with Crippen LogP contribution in [0.5, 0.6) is 0 Å². The van der Waals surface area contributed by atoms with Gasteiger partial charge in [-0.1, -0.05) is 6.58 Å². The third-order valence-electron chi connectivity index (χ3n) is 2.50. The summed E-state index contributed by atoms with van der Waals surface area (Å²) in [6.07, 6.45) is 0.918. The average Bonchev–Trinajstić information content (AvgIpc) is 2.47. The normalized spacial score (nSPS) is 12.9. The molecule has 1 atom stereocenters. The molecule has 8 nitrogen and oxygen atoms in total. The summed E-state index contributed by atoms with van der Waals surface area (Å²) in [5.74, 6) is -2.95. The van der Waals surface area contributed by atoms with Crippen molar-refractivity contribution in [3.8, 4) is 0 Å². The summed E-state index contributed by atoms with van der Waals surface area (Å²) in [4.78, 5) is 44.6. The van der Waals surface area contributed by atoms with Crippen LogP contribution in [0.4, 0.5) is 0 Å². The molecule has 0 aliphatic heterocycles. The summed E-state index contributed by atoms with van der Waals surface area (Å²) in [6, 6.07) is 0. The summed E-state index contributed by atoms with van der Waals surface area (Å²) in [7, 11) is 0. The van der Waals surface area contributed by atoms with E-state index in [4.69, 9.17) is 14.5 Å². The number of carbonyl (C=O) groups excluding carboxylic acids is 3. The molecule has 0 fully saturated rings. The predicted molar refractivity (Wildman–Crippen MR) is 88.3 cm³/mol. The Labute approximate surface area is 148 Å². The molecule has 0 aromatic heterocycles. The molecular formula is C17H28O8. The van der Waals surface area contributed by atoms with E-state index in [1.54, 1.807) is 20.8 Å². The molecule has 0 saturated heterocycles. The third-order valence-corrected chi connectivity index (χ3v) is 2.50. The molecule has 0 rings (SSSR count). The number of ether oxygens (including phenoxy) is 3. The zero-order chi connectivity index (χ0) is 19.7. The van der Waals surface area contributed by atoms with Crippen LogP contribution in [-0.2, 0) is 38.4 Å². The average molecular weight is 360 g/mol. The lowest BCUT2D eigenvalue weighted by Gasteiger charge is -2.28. The summed E-state index contributed by atoms with van der Waals surface area (Å²) >= 11 is 0. The summed E-state index contributed by atoms with van der Waals surface area (Å²) in [5.41, 5.74) is -1.43. The van der Waals surface area contributed by atoms with Crippen LogP contribution in [0.15, 0.2) is 12.7 Å². The van der Waals surface area contributed by atoms with Gasteiger partial charge in [0.25, 0.3) is 0 Å². The Bertz CT molecular complexity index is 476. The molecule has 0 aliphatic carbocycles. The van der Waals surface area contributed by atoms with Crippen molar-refractivity contribution in [2.75, 3.05) is 13.2 Å². The van der Waals surface area contributed by atoms with Gasteiger partial charge in [0.05, 0.1) is 11.7 Å². The van der Waals surface area contributed by atoms with Gasteiger partial charge in [0, 0.05) is 12.5 Å². The maximum atomic E-state index is 11.7. The van der Waals surface area contributed by atoms with Gasteiger partial charge in [0.1, 0.15) is 18.8 Å². The van der Waals surface area contributed by atoms with E-state index in [2.05, 4.69) is 16.1 Å². The molecule has 0 spiro atoms.